The van der Waals surface area contributed by atoms with E-state index in [1.165, 1.54) is 0 Å². The lowest BCUT2D eigenvalue weighted by atomic mass is 9.94. The lowest BCUT2D eigenvalue weighted by molar-refractivity contribution is -0.144. The normalized spacial score (nSPS) is 12.6. The Morgan fingerprint density at radius 2 is 2.11 bits per heavy atom. The summed E-state index contributed by atoms with van der Waals surface area (Å²) in [6, 6.07) is 13.4. The highest BCUT2D eigenvalue weighted by atomic mass is 16.5. The lowest BCUT2D eigenvalue weighted by Crippen LogP contribution is -2.35. The zero-order valence-corrected chi connectivity index (χ0v) is 20.4. The molecule has 0 radical (unpaired) electrons. The van der Waals surface area contributed by atoms with Crippen LogP contribution in [0.1, 0.15) is 37.5 Å². The summed E-state index contributed by atoms with van der Waals surface area (Å²) in [7, 11) is 0. The number of aromatic nitrogens is 2. The number of esters is 1. The first-order valence-corrected chi connectivity index (χ1v) is 11.5. The number of carbonyl (C=O) groups is 2. The van der Waals surface area contributed by atoms with Crippen LogP contribution in [0, 0.1) is 11.3 Å². The van der Waals surface area contributed by atoms with Crippen molar-refractivity contribution >= 4 is 12.4 Å². The monoisotopic (exact) mass is 492 g/mol. The summed E-state index contributed by atoms with van der Waals surface area (Å²) in [5.74, 6) is 1.17. The molecule has 0 unspecified atom stereocenters. The average molecular weight is 493 g/mol. The van der Waals surface area contributed by atoms with Gasteiger partial charge >= 0.3 is 5.97 Å². The molecule has 0 saturated heterocycles. The maximum Gasteiger partial charge on any atom is 0.320 e. The van der Waals surface area contributed by atoms with Crippen molar-refractivity contribution in [2.24, 2.45) is 0 Å². The molecule has 0 amide bonds. The Kier molecular flexibility index (Phi) is 9.13. The topological polar surface area (TPSA) is 139 Å². The Morgan fingerprint density at radius 1 is 1.33 bits per heavy atom. The van der Waals surface area contributed by atoms with Gasteiger partial charge in [0, 0.05) is 24.2 Å². The molecule has 3 aromatic rings. The Balaban J connectivity index is 0.00000115. The van der Waals surface area contributed by atoms with Gasteiger partial charge in [-0.1, -0.05) is 23.4 Å². The van der Waals surface area contributed by atoms with Crippen LogP contribution in [-0.2, 0) is 27.3 Å². The van der Waals surface area contributed by atoms with E-state index in [0.717, 1.165) is 29.7 Å². The fraction of sp³-hybridized carbons (Fsp3) is 0.346. The van der Waals surface area contributed by atoms with E-state index < -0.39 is 0 Å². The molecule has 188 valence electrons. The minimum atomic E-state index is -0.250. The maximum atomic E-state index is 11.8. The standard InChI is InChI=1S/C25H26N4O4.CH2O2/c1-4-31-23(30)15-29-11-10-20-18(14-29)6-5-7-21(20)24-27-25(33-28-24)17-8-9-22(32-16(2)3)19(12-17)13-26;2-1-3/h5-9,12,16H,4,10-11,14-15H2,1-3H3;1H,(H,2,3). The zero-order valence-electron chi connectivity index (χ0n) is 20.4. The third-order valence-corrected chi connectivity index (χ3v) is 5.38. The van der Waals surface area contributed by atoms with Gasteiger partial charge in [0.05, 0.1) is 24.8 Å². The average Bonchev–Trinajstić information content (AvgIpc) is 3.34. The molecule has 1 aromatic heterocycles. The number of carboxylic acid groups (broad SMARTS) is 1. The predicted molar refractivity (Wildman–Crippen MR) is 130 cm³/mol. The van der Waals surface area contributed by atoms with Gasteiger partial charge in [0.1, 0.15) is 11.8 Å². The first-order chi connectivity index (χ1) is 17.4. The number of ether oxygens (including phenoxy) is 2. The molecule has 1 aliphatic heterocycles. The quantitative estimate of drug-likeness (QED) is 0.384. The summed E-state index contributed by atoms with van der Waals surface area (Å²) in [4.78, 5) is 26.9. The van der Waals surface area contributed by atoms with Crippen LogP contribution in [0.3, 0.4) is 0 Å². The van der Waals surface area contributed by atoms with Gasteiger partial charge in [-0.3, -0.25) is 14.5 Å². The van der Waals surface area contributed by atoms with Crippen molar-refractivity contribution in [1.82, 2.24) is 15.0 Å². The highest BCUT2D eigenvalue weighted by Crippen LogP contribution is 2.31. The number of benzene rings is 2. The number of rotatable bonds is 7. The highest BCUT2D eigenvalue weighted by molar-refractivity contribution is 5.72. The number of carbonyl (C=O) groups excluding carboxylic acids is 1. The van der Waals surface area contributed by atoms with Crippen LogP contribution in [-0.4, -0.2) is 58.4 Å². The summed E-state index contributed by atoms with van der Waals surface area (Å²) < 4.78 is 16.3. The highest BCUT2D eigenvalue weighted by Gasteiger charge is 2.23. The Bertz CT molecular complexity index is 1250. The molecule has 0 atom stereocenters. The Hall–Kier alpha value is -4.23. The smallest absolute Gasteiger partial charge is 0.320 e. The van der Waals surface area contributed by atoms with Gasteiger partial charge in [0.15, 0.2) is 0 Å². The van der Waals surface area contributed by atoms with Crippen molar-refractivity contribution in [1.29, 1.82) is 5.26 Å². The van der Waals surface area contributed by atoms with Crippen molar-refractivity contribution in [2.45, 2.75) is 39.8 Å². The minimum absolute atomic E-state index is 0.0320. The maximum absolute atomic E-state index is 11.8. The van der Waals surface area contributed by atoms with E-state index in [2.05, 4.69) is 27.2 Å². The summed E-state index contributed by atoms with van der Waals surface area (Å²) in [5, 5.41) is 20.6. The molecule has 36 heavy (non-hydrogen) atoms. The molecule has 2 aromatic carbocycles. The van der Waals surface area contributed by atoms with Crippen LogP contribution in [0.5, 0.6) is 5.75 Å². The van der Waals surface area contributed by atoms with E-state index in [9.17, 15) is 10.1 Å². The third kappa shape index (κ3) is 6.46. The van der Waals surface area contributed by atoms with E-state index in [1.54, 1.807) is 12.1 Å². The molecule has 10 nitrogen and oxygen atoms in total. The second-order valence-electron chi connectivity index (χ2n) is 8.23. The van der Waals surface area contributed by atoms with Gasteiger partial charge in [-0.05, 0) is 56.5 Å². The van der Waals surface area contributed by atoms with Gasteiger partial charge in [-0.25, -0.2) is 0 Å². The van der Waals surface area contributed by atoms with Crippen LogP contribution in [0.25, 0.3) is 22.8 Å². The molecule has 1 aliphatic rings. The second kappa shape index (κ2) is 12.5. The molecule has 0 bridgehead atoms. The number of nitriles is 1. The predicted octanol–water partition coefficient (Wildman–Crippen LogP) is 3.68. The van der Waals surface area contributed by atoms with Gasteiger partial charge in [-0.15, -0.1) is 0 Å². The van der Waals surface area contributed by atoms with E-state index >= 15 is 0 Å². The van der Waals surface area contributed by atoms with Gasteiger partial charge in [-0.2, -0.15) is 10.2 Å². The van der Waals surface area contributed by atoms with Crippen LogP contribution in [0.4, 0.5) is 0 Å². The molecule has 1 N–H and O–H groups in total. The van der Waals surface area contributed by atoms with E-state index in [0.29, 0.717) is 41.7 Å². The second-order valence-corrected chi connectivity index (χ2v) is 8.23. The van der Waals surface area contributed by atoms with Gasteiger partial charge in [0.2, 0.25) is 5.82 Å². The molecule has 0 fully saturated rings. The first kappa shape index (κ1) is 26.4. The molecule has 0 aliphatic carbocycles. The number of fused-ring (bicyclic) bond motifs is 1. The Morgan fingerprint density at radius 3 is 2.81 bits per heavy atom. The van der Waals surface area contributed by atoms with E-state index in [1.807, 2.05) is 39.0 Å². The summed E-state index contributed by atoms with van der Waals surface area (Å²) in [6.45, 7) is 7.46. The fourth-order valence-corrected chi connectivity index (χ4v) is 3.96. The largest absolute Gasteiger partial charge is 0.490 e. The van der Waals surface area contributed by atoms with Gasteiger partial charge < -0.3 is 19.1 Å². The van der Waals surface area contributed by atoms with Crippen molar-refractivity contribution in [3.05, 3.63) is 53.1 Å². The van der Waals surface area contributed by atoms with Crippen LogP contribution < -0.4 is 4.74 Å². The number of hydrogen-bond acceptors (Lipinski definition) is 9. The van der Waals surface area contributed by atoms with Crippen molar-refractivity contribution in [3.63, 3.8) is 0 Å². The van der Waals surface area contributed by atoms with E-state index in [4.69, 9.17) is 23.9 Å². The minimum Gasteiger partial charge on any atom is -0.490 e. The molecular weight excluding hydrogens is 464 g/mol. The number of nitrogens with zero attached hydrogens (tertiary/aromatic N) is 4. The van der Waals surface area contributed by atoms with Crippen molar-refractivity contribution in [3.8, 4) is 34.7 Å². The molecule has 2 heterocycles. The number of hydrogen-bond donors (Lipinski definition) is 1. The van der Waals surface area contributed by atoms with Gasteiger partial charge in [0.25, 0.3) is 12.4 Å². The fourth-order valence-electron chi connectivity index (χ4n) is 3.96. The summed E-state index contributed by atoms with van der Waals surface area (Å²) in [5.41, 5.74) is 4.28. The molecule has 0 spiro atoms. The zero-order chi connectivity index (χ0) is 26.1. The van der Waals surface area contributed by atoms with Crippen LogP contribution in [0.2, 0.25) is 0 Å². The summed E-state index contributed by atoms with van der Waals surface area (Å²) in [6.07, 6.45) is 0.740. The van der Waals surface area contributed by atoms with Crippen molar-refractivity contribution in [2.75, 3.05) is 19.7 Å². The van der Waals surface area contributed by atoms with Crippen molar-refractivity contribution < 1.29 is 28.7 Å². The molecule has 4 rings (SSSR count). The van der Waals surface area contributed by atoms with Crippen LogP contribution in [0.15, 0.2) is 40.9 Å². The molecule has 10 heteroatoms. The molecule has 0 saturated carbocycles. The molecular formula is C26H28N4O6. The van der Waals surface area contributed by atoms with Crippen LogP contribution >= 0.6 is 0 Å². The SMILES string of the molecule is CCOC(=O)CN1CCc2c(cccc2-c2noc(-c3ccc(OC(C)C)c(C#N)c3)n2)C1.O=CO. The van der Waals surface area contributed by atoms with E-state index in [-0.39, 0.29) is 25.1 Å². The first-order valence-electron chi connectivity index (χ1n) is 11.5. The lowest BCUT2D eigenvalue weighted by Gasteiger charge is -2.28. The third-order valence-electron chi connectivity index (χ3n) is 5.38. The summed E-state index contributed by atoms with van der Waals surface area (Å²) >= 11 is 0. The Labute approximate surface area is 209 Å².